The van der Waals surface area contributed by atoms with Gasteiger partial charge in [-0.05, 0) is 0 Å². The first kappa shape index (κ1) is 12.4. The number of rotatable bonds is 0. The minimum absolute atomic E-state index is 0.0903. The highest BCUT2D eigenvalue weighted by Crippen LogP contribution is 2.04. The summed E-state index contributed by atoms with van der Waals surface area (Å²) in [5, 5.41) is 4.32. The van der Waals surface area contributed by atoms with Gasteiger partial charge in [0.2, 0.25) is 0 Å². The van der Waals surface area contributed by atoms with E-state index >= 15 is 0 Å². The van der Waals surface area contributed by atoms with Gasteiger partial charge in [-0.2, -0.15) is 26.2 Å². The zero-order chi connectivity index (χ0) is 11.5. The SMILES string of the molecule is CN1CCS(=O)(=O)O1.O=S1(=O)CC=NO1. The summed E-state index contributed by atoms with van der Waals surface area (Å²) in [5.74, 6) is 0.0243. The van der Waals surface area contributed by atoms with Crippen LogP contribution in [-0.2, 0) is 28.8 Å². The highest BCUT2D eigenvalue weighted by Gasteiger charge is 2.23. The van der Waals surface area contributed by atoms with Crippen LogP contribution >= 0.6 is 0 Å². The van der Waals surface area contributed by atoms with Gasteiger partial charge in [0.25, 0.3) is 10.1 Å². The first-order valence-electron chi connectivity index (χ1n) is 3.87. The Morgan fingerprint density at radius 2 is 1.93 bits per heavy atom. The summed E-state index contributed by atoms with van der Waals surface area (Å²) >= 11 is 0. The van der Waals surface area contributed by atoms with Gasteiger partial charge in [-0.15, -0.1) is 0 Å². The molecule has 88 valence electrons. The molecule has 0 N–H and O–H groups in total. The number of hydroxylamine groups is 2. The van der Waals surface area contributed by atoms with Gasteiger partial charge in [-0.1, -0.05) is 5.16 Å². The number of nitrogens with zero attached hydrogens (tertiary/aromatic N) is 2. The van der Waals surface area contributed by atoms with Gasteiger partial charge in [0.15, 0.2) is 0 Å². The Kier molecular flexibility index (Phi) is 3.65. The van der Waals surface area contributed by atoms with Crippen LogP contribution < -0.4 is 0 Å². The predicted molar refractivity (Wildman–Crippen MR) is 50.9 cm³/mol. The van der Waals surface area contributed by atoms with Crippen LogP contribution in [0.2, 0.25) is 0 Å². The van der Waals surface area contributed by atoms with Crippen LogP contribution in [0, 0.1) is 0 Å². The van der Waals surface area contributed by atoms with E-state index in [9.17, 15) is 16.8 Å². The summed E-state index contributed by atoms with van der Waals surface area (Å²) in [7, 11) is -4.85. The van der Waals surface area contributed by atoms with E-state index in [2.05, 4.69) is 13.7 Å². The summed E-state index contributed by atoms with van der Waals surface area (Å²) in [6.45, 7) is 0.475. The third kappa shape index (κ3) is 4.55. The van der Waals surface area contributed by atoms with Crippen molar-refractivity contribution in [2.45, 2.75) is 0 Å². The van der Waals surface area contributed by atoms with Gasteiger partial charge < -0.3 is 0 Å². The molecule has 8 nitrogen and oxygen atoms in total. The van der Waals surface area contributed by atoms with Crippen molar-refractivity contribution in [1.29, 1.82) is 0 Å². The molecular formula is C5H10N2O6S2. The molecule has 0 spiro atoms. The first-order chi connectivity index (χ1) is 6.81. The minimum Gasteiger partial charge on any atom is -0.268 e. The molecule has 1 saturated heterocycles. The van der Waals surface area contributed by atoms with E-state index in [1.807, 2.05) is 0 Å². The smallest absolute Gasteiger partial charge is 0.268 e. The van der Waals surface area contributed by atoms with Gasteiger partial charge in [-0.3, -0.25) is 4.28 Å². The lowest BCUT2D eigenvalue weighted by atomic mass is 10.8. The second kappa shape index (κ2) is 4.43. The molecule has 0 aromatic carbocycles. The minimum atomic E-state index is -3.27. The predicted octanol–water partition coefficient (Wildman–Crippen LogP) is -1.47. The summed E-state index contributed by atoms with van der Waals surface area (Å²) < 4.78 is 49.2. The molecule has 0 aromatic rings. The average molecular weight is 258 g/mol. The Morgan fingerprint density at radius 3 is 2.07 bits per heavy atom. The zero-order valence-electron chi connectivity index (χ0n) is 7.86. The van der Waals surface area contributed by atoms with Crippen molar-refractivity contribution in [2.24, 2.45) is 5.16 Å². The molecule has 2 aliphatic rings. The van der Waals surface area contributed by atoms with Crippen molar-refractivity contribution in [3.63, 3.8) is 0 Å². The van der Waals surface area contributed by atoms with Crippen LogP contribution in [0.4, 0.5) is 0 Å². The Morgan fingerprint density at radius 1 is 1.27 bits per heavy atom. The molecule has 1 fully saturated rings. The van der Waals surface area contributed by atoms with Gasteiger partial charge in [0.05, 0.1) is 12.0 Å². The lowest BCUT2D eigenvalue weighted by molar-refractivity contribution is 0.00518. The lowest BCUT2D eigenvalue weighted by Gasteiger charge is -1.98. The van der Waals surface area contributed by atoms with E-state index in [0.29, 0.717) is 6.54 Å². The second-order valence-electron chi connectivity index (χ2n) is 2.77. The summed E-state index contributed by atoms with van der Waals surface area (Å²) in [6.07, 6.45) is 1.20. The molecule has 0 amide bonds. The van der Waals surface area contributed by atoms with E-state index < -0.39 is 20.2 Å². The lowest BCUT2D eigenvalue weighted by Crippen LogP contribution is -2.10. The molecular weight excluding hydrogens is 248 g/mol. The van der Waals surface area contributed by atoms with Gasteiger partial charge in [0, 0.05) is 13.6 Å². The molecule has 0 aliphatic carbocycles. The van der Waals surface area contributed by atoms with E-state index in [4.69, 9.17) is 0 Å². The van der Waals surface area contributed by atoms with E-state index in [1.165, 1.54) is 11.3 Å². The monoisotopic (exact) mass is 258 g/mol. The van der Waals surface area contributed by atoms with Crippen molar-refractivity contribution in [1.82, 2.24) is 5.06 Å². The van der Waals surface area contributed by atoms with Crippen LogP contribution in [0.15, 0.2) is 5.16 Å². The molecule has 0 aromatic heterocycles. The van der Waals surface area contributed by atoms with Crippen molar-refractivity contribution in [3.05, 3.63) is 0 Å². The van der Waals surface area contributed by atoms with Crippen LogP contribution in [-0.4, -0.2) is 53.2 Å². The Labute approximate surface area is 87.7 Å². The number of hydrogen-bond donors (Lipinski definition) is 0. The Hall–Kier alpha value is -0.710. The highest BCUT2D eigenvalue weighted by molar-refractivity contribution is 7.87. The summed E-state index contributed by atoms with van der Waals surface area (Å²) in [4.78, 5) is 0. The molecule has 0 saturated carbocycles. The van der Waals surface area contributed by atoms with Gasteiger partial charge in [0.1, 0.15) is 5.75 Å². The largest absolute Gasteiger partial charge is 0.333 e. The fraction of sp³-hybridized carbons (Fsp3) is 0.800. The van der Waals surface area contributed by atoms with Gasteiger partial charge >= 0.3 is 10.1 Å². The van der Waals surface area contributed by atoms with Crippen molar-refractivity contribution in [2.75, 3.05) is 25.1 Å². The number of hydrogen-bond acceptors (Lipinski definition) is 8. The molecule has 2 rings (SSSR count). The van der Waals surface area contributed by atoms with Gasteiger partial charge in [-0.25, -0.2) is 0 Å². The molecule has 2 heterocycles. The molecule has 10 heteroatoms. The average Bonchev–Trinajstić information content (AvgIpc) is 2.59. The molecule has 0 bridgehead atoms. The summed E-state index contributed by atoms with van der Waals surface area (Å²) in [6, 6.07) is 0. The fourth-order valence-electron chi connectivity index (χ4n) is 0.757. The molecule has 0 atom stereocenters. The van der Waals surface area contributed by atoms with Crippen LogP contribution in [0.1, 0.15) is 0 Å². The van der Waals surface area contributed by atoms with Crippen molar-refractivity contribution in [3.8, 4) is 0 Å². The topological polar surface area (TPSA) is 102 Å². The maximum absolute atomic E-state index is 10.4. The van der Waals surface area contributed by atoms with E-state index in [0.717, 1.165) is 0 Å². The summed E-state index contributed by atoms with van der Waals surface area (Å²) in [5.41, 5.74) is 0. The van der Waals surface area contributed by atoms with E-state index in [1.54, 1.807) is 7.05 Å². The standard InChI is InChI=1S/C3H7NO3S.C2H3NO3S/c1-4-2-3-8(5,6)7-4;4-7(5)2-1-3-6-7/h2-3H2,1H3;1H,2H2. The van der Waals surface area contributed by atoms with Crippen LogP contribution in [0.3, 0.4) is 0 Å². The molecule has 15 heavy (non-hydrogen) atoms. The van der Waals surface area contributed by atoms with Crippen LogP contribution in [0.5, 0.6) is 0 Å². The molecule has 2 aliphatic heterocycles. The third-order valence-corrected chi connectivity index (χ3v) is 3.44. The molecule has 0 unspecified atom stereocenters. The number of oxime groups is 1. The third-order valence-electron chi connectivity index (χ3n) is 1.41. The maximum atomic E-state index is 10.4. The first-order valence-corrected chi connectivity index (χ1v) is 7.03. The fourth-order valence-corrected chi connectivity index (χ4v) is 2.27. The van der Waals surface area contributed by atoms with Crippen LogP contribution in [0.25, 0.3) is 0 Å². The Bertz CT molecular complexity index is 424. The molecule has 0 radical (unpaired) electrons. The highest BCUT2D eigenvalue weighted by atomic mass is 32.2. The Balaban J connectivity index is 0.000000151. The second-order valence-corrected chi connectivity index (χ2v) is 6.05. The van der Waals surface area contributed by atoms with E-state index in [-0.39, 0.29) is 11.5 Å². The normalized spacial score (nSPS) is 26.7. The van der Waals surface area contributed by atoms with Crippen molar-refractivity contribution >= 4 is 26.5 Å². The zero-order valence-corrected chi connectivity index (χ0v) is 9.49. The maximum Gasteiger partial charge on any atom is 0.333 e. The quantitative estimate of drug-likeness (QED) is 0.522. The van der Waals surface area contributed by atoms with Crippen molar-refractivity contribution < 1.29 is 25.4 Å².